The van der Waals surface area contributed by atoms with Gasteiger partial charge in [-0.15, -0.1) is 12.4 Å². The average molecular weight is 289 g/mol. The van der Waals surface area contributed by atoms with Gasteiger partial charge < -0.3 is 15.4 Å². The van der Waals surface area contributed by atoms with Crippen LogP contribution in [0.5, 0.6) is 0 Å². The molecule has 19 heavy (non-hydrogen) atoms. The van der Waals surface area contributed by atoms with Gasteiger partial charge in [-0.1, -0.05) is 0 Å². The highest BCUT2D eigenvalue weighted by Crippen LogP contribution is 2.37. The summed E-state index contributed by atoms with van der Waals surface area (Å²) in [6.45, 7) is 2.65. The van der Waals surface area contributed by atoms with Gasteiger partial charge in [0, 0.05) is 25.7 Å². The lowest BCUT2D eigenvalue weighted by atomic mass is 9.98. The molecule has 0 radical (unpaired) electrons. The minimum absolute atomic E-state index is 0. The van der Waals surface area contributed by atoms with Gasteiger partial charge in [-0.3, -0.25) is 4.79 Å². The number of likely N-dealkylation sites (tertiary alicyclic amines) is 1. The second-order valence-electron chi connectivity index (χ2n) is 6.16. The van der Waals surface area contributed by atoms with Crippen molar-refractivity contribution < 1.29 is 9.53 Å². The number of ether oxygens (including phenoxy) is 1. The van der Waals surface area contributed by atoms with E-state index in [9.17, 15) is 4.79 Å². The highest BCUT2D eigenvalue weighted by molar-refractivity contribution is 5.85. The first-order valence-electron chi connectivity index (χ1n) is 7.39. The van der Waals surface area contributed by atoms with E-state index in [0.717, 1.165) is 39.0 Å². The Morgan fingerprint density at radius 2 is 2.05 bits per heavy atom. The minimum atomic E-state index is 0. The quantitative estimate of drug-likeness (QED) is 0.839. The Morgan fingerprint density at radius 3 is 2.74 bits per heavy atom. The Bertz CT molecular complexity index is 321. The highest BCUT2D eigenvalue weighted by atomic mass is 35.5. The number of nitrogens with two attached hydrogens (primary N) is 1. The molecule has 0 aromatic rings. The maximum atomic E-state index is 12.3. The largest absolute Gasteiger partial charge is 0.378 e. The van der Waals surface area contributed by atoms with Crippen molar-refractivity contribution in [1.82, 2.24) is 4.90 Å². The normalized spacial score (nSPS) is 37.8. The Morgan fingerprint density at radius 1 is 1.21 bits per heavy atom. The SMILES string of the molecule is Cl.NC1CCC2CN(C(=O)CC3CCCCO3)CC12. The van der Waals surface area contributed by atoms with Gasteiger partial charge >= 0.3 is 0 Å². The van der Waals surface area contributed by atoms with Crippen molar-refractivity contribution in [3.8, 4) is 0 Å². The van der Waals surface area contributed by atoms with Crippen LogP contribution in [0.15, 0.2) is 0 Å². The summed E-state index contributed by atoms with van der Waals surface area (Å²) in [5.41, 5.74) is 6.10. The summed E-state index contributed by atoms with van der Waals surface area (Å²) >= 11 is 0. The van der Waals surface area contributed by atoms with Crippen LogP contribution in [0.2, 0.25) is 0 Å². The zero-order valence-electron chi connectivity index (χ0n) is 11.4. The first kappa shape index (κ1) is 15.1. The monoisotopic (exact) mass is 288 g/mol. The molecule has 1 amide bonds. The molecule has 2 N–H and O–H groups in total. The summed E-state index contributed by atoms with van der Waals surface area (Å²) in [6.07, 6.45) is 6.49. The molecular weight excluding hydrogens is 264 g/mol. The van der Waals surface area contributed by atoms with Crippen LogP contribution < -0.4 is 5.73 Å². The maximum Gasteiger partial charge on any atom is 0.225 e. The first-order chi connectivity index (χ1) is 8.74. The summed E-state index contributed by atoms with van der Waals surface area (Å²) in [5, 5.41) is 0. The Labute approximate surface area is 121 Å². The molecule has 3 fully saturated rings. The standard InChI is InChI=1S/C14H24N2O2.ClH/c15-13-5-4-10-8-16(9-12(10)13)14(17)7-11-3-1-2-6-18-11;/h10-13H,1-9,15H2;1H. The molecule has 1 saturated carbocycles. The molecule has 0 spiro atoms. The predicted octanol–water partition coefficient (Wildman–Crippen LogP) is 1.56. The van der Waals surface area contributed by atoms with Crippen molar-refractivity contribution in [3.63, 3.8) is 0 Å². The lowest BCUT2D eigenvalue weighted by molar-refractivity contribution is -0.134. The molecule has 2 saturated heterocycles. The van der Waals surface area contributed by atoms with E-state index >= 15 is 0 Å². The van der Waals surface area contributed by atoms with Gasteiger partial charge in [-0.25, -0.2) is 0 Å². The number of nitrogens with zero attached hydrogens (tertiary/aromatic N) is 1. The van der Waals surface area contributed by atoms with Gasteiger partial charge in [0.05, 0.1) is 12.5 Å². The van der Waals surface area contributed by atoms with Crippen molar-refractivity contribution in [1.29, 1.82) is 0 Å². The molecule has 110 valence electrons. The van der Waals surface area contributed by atoms with Crippen LogP contribution in [0.3, 0.4) is 0 Å². The van der Waals surface area contributed by atoms with Gasteiger partial charge in [-0.2, -0.15) is 0 Å². The predicted molar refractivity (Wildman–Crippen MR) is 76.2 cm³/mol. The van der Waals surface area contributed by atoms with Crippen LogP contribution in [0.4, 0.5) is 0 Å². The fourth-order valence-electron chi connectivity index (χ4n) is 3.80. The van der Waals surface area contributed by atoms with Crippen molar-refractivity contribution in [2.24, 2.45) is 17.6 Å². The van der Waals surface area contributed by atoms with Crippen LogP contribution in [0.1, 0.15) is 38.5 Å². The Balaban J connectivity index is 0.00000133. The van der Waals surface area contributed by atoms with E-state index in [-0.39, 0.29) is 24.4 Å². The molecule has 2 aliphatic heterocycles. The lowest BCUT2D eigenvalue weighted by Gasteiger charge is -2.25. The molecule has 4 atom stereocenters. The molecule has 4 nitrogen and oxygen atoms in total. The zero-order valence-corrected chi connectivity index (χ0v) is 12.2. The number of amides is 1. The van der Waals surface area contributed by atoms with Crippen LogP contribution in [0, 0.1) is 11.8 Å². The van der Waals surface area contributed by atoms with Gasteiger partial charge in [0.15, 0.2) is 0 Å². The third-order valence-corrected chi connectivity index (χ3v) is 4.94. The maximum absolute atomic E-state index is 12.3. The van der Waals surface area contributed by atoms with E-state index in [2.05, 4.69) is 0 Å². The molecule has 0 aromatic carbocycles. The Hall–Kier alpha value is -0.320. The molecular formula is C14H25ClN2O2. The van der Waals surface area contributed by atoms with Crippen molar-refractivity contribution in [3.05, 3.63) is 0 Å². The average Bonchev–Trinajstić information content (AvgIpc) is 2.93. The van der Waals surface area contributed by atoms with E-state index in [0.29, 0.717) is 24.3 Å². The van der Waals surface area contributed by atoms with Crippen LogP contribution in [0.25, 0.3) is 0 Å². The third-order valence-electron chi connectivity index (χ3n) is 4.94. The second kappa shape index (κ2) is 6.42. The van der Waals surface area contributed by atoms with Gasteiger partial charge in [0.2, 0.25) is 5.91 Å². The van der Waals surface area contributed by atoms with Gasteiger partial charge in [0.1, 0.15) is 0 Å². The van der Waals surface area contributed by atoms with Crippen LogP contribution in [-0.4, -0.2) is 42.6 Å². The summed E-state index contributed by atoms with van der Waals surface area (Å²) in [5.74, 6) is 1.50. The number of hydrogen-bond donors (Lipinski definition) is 1. The molecule has 0 aromatic heterocycles. The third kappa shape index (κ3) is 3.23. The van der Waals surface area contributed by atoms with Gasteiger partial charge in [0.25, 0.3) is 0 Å². The molecule has 0 bridgehead atoms. The molecule has 4 unspecified atom stereocenters. The second-order valence-corrected chi connectivity index (χ2v) is 6.16. The van der Waals surface area contributed by atoms with Crippen molar-refractivity contribution in [2.45, 2.75) is 50.7 Å². The number of fused-ring (bicyclic) bond motifs is 1. The van der Waals surface area contributed by atoms with Crippen molar-refractivity contribution >= 4 is 18.3 Å². The summed E-state index contributed by atoms with van der Waals surface area (Å²) in [4.78, 5) is 14.3. The van der Waals surface area contributed by atoms with E-state index in [1.165, 1.54) is 12.8 Å². The topological polar surface area (TPSA) is 55.6 Å². The van der Waals surface area contributed by atoms with E-state index in [1.807, 2.05) is 4.90 Å². The first-order valence-corrected chi connectivity index (χ1v) is 7.39. The van der Waals surface area contributed by atoms with E-state index < -0.39 is 0 Å². The summed E-state index contributed by atoms with van der Waals surface area (Å²) in [7, 11) is 0. The minimum Gasteiger partial charge on any atom is -0.378 e. The van der Waals surface area contributed by atoms with Crippen molar-refractivity contribution in [2.75, 3.05) is 19.7 Å². The van der Waals surface area contributed by atoms with Crippen LogP contribution in [-0.2, 0) is 9.53 Å². The zero-order chi connectivity index (χ0) is 12.5. The lowest BCUT2D eigenvalue weighted by Crippen LogP contribution is -2.36. The smallest absolute Gasteiger partial charge is 0.225 e. The fraction of sp³-hybridized carbons (Fsp3) is 0.929. The summed E-state index contributed by atoms with van der Waals surface area (Å²) < 4.78 is 5.65. The van der Waals surface area contributed by atoms with Crippen LogP contribution >= 0.6 is 12.4 Å². The number of carbonyl (C=O) groups is 1. The summed E-state index contributed by atoms with van der Waals surface area (Å²) in [6, 6.07) is 0.318. The van der Waals surface area contributed by atoms with E-state index in [1.54, 1.807) is 0 Å². The van der Waals surface area contributed by atoms with Gasteiger partial charge in [-0.05, 0) is 43.9 Å². The fourth-order valence-corrected chi connectivity index (χ4v) is 3.80. The number of halogens is 1. The molecule has 2 heterocycles. The number of carbonyl (C=O) groups excluding carboxylic acids is 1. The number of hydrogen-bond acceptors (Lipinski definition) is 3. The highest BCUT2D eigenvalue weighted by Gasteiger charge is 2.42. The molecule has 3 rings (SSSR count). The molecule has 3 aliphatic rings. The Kier molecular flexibility index (Phi) is 5.09. The van der Waals surface area contributed by atoms with E-state index in [4.69, 9.17) is 10.5 Å². The molecule has 1 aliphatic carbocycles. The molecule has 5 heteroatoms. The number of rotatable bonds is 2.